The van der Waals surface area contributed by atoms with Crippen molar-refractivity contribution in [2.75, 3.05) is 26.2 Å². The van der Waals surface area contributed by atoms with Crippen LogP contribution in [0.25, 0.3) is 0 Å². The molecule has 5 nitrogen and oxygen atoms in total. The largest absolute Gasteiger partial charge is 0.489 e. The number of benzene rings is 2. The van der Waals surface area contributed by atoms with Crippen molar-refractivity contribution >= 4 is 11.6 Å². The smallest absolute Gasteiger partial charge is 0.137 e. The van der Waals surface area contributed by atoms with Crippen molar-refractivity contribution < 1.29 is 9.84 Å². The van der Waals surface area contributed by atoms with Gasteiger partial charge in [-0.25, -0.2) is 0 Å². The van der Waals surface area contributed by atoms with Gasteiger partial charge in [-0.2, -0.15) is 5.26 Å². The summed E-state index contributed by atoms with van der Waals surface area (Å²) in [4.78, 5) is 2.44. The van der Waals surface area contributed by atoms with Gasteiger partial charge in [0, 0.05) is 24.2 Å². The lowest BCUT2D eigenvalue weighted by Crippen LogP contribution is -2.45. The second kappa shape index (κ2) is 10.4. The Balaban J connectivity index is 1.34. The first-order chi connectivity index (χ1) is 13.6. The van der Waals surface area contributed by atoms with Crippen LogP contribution < -0.4 is 10.1 Å². The van der Waals surface area contributed by atoms with E-state index in [2.05, 4.69) is 28.4 Å². The highest BCUT2D eigenvalue weighted by atomic mass is 35.5. The first kappa shape index (κ1) is 20.6. The number of ether oxygens (including phenoxy) is 1. The van der Waals surface area contributed by atoms with Crippen molar-refractivity contribution in [3.63, 3.8) is 0 Å². The molecular weight excluding hydrogens is 374 g/mol. The minimum Gasteiger partial charge on any atom is -0.489 e. The Hall–Kier alpha value is -2.10. The molecule has 0 aliphatic carbocycles. The van der Waals surface area contributed by atoms with E-state index in [1.165, 1.54) is 5.56 Å². The zero-order chi connectivity index (χ0) is 19.8. The number of aliphatic hydroxyl groups excluding tert-OH is 1. The highest BCUT2D eigenvalue weighted by molar-refractivity contribution is 6.30. The molecule has 28 heavy (non-hydrogen) atoms. The third-order valence-electron chi connectivity index (χ3n) is 4.99. The number of nitrogens with one attached hydrogen (secondary N) is 1. The van der Waals surface area contributed by atoms with Gasteiger partial charge in [-0.3, -0.25) is 4.90 Å². The highest BCUT2D eigenvalue weighted by Gasteiger charge is 2.20. The number of nitrogens with zero attached hydrogens (tertiary/aromatic N) is 2. The molecule has 2 N–H and O–H groups in total. The van der Waals surface area contributed by atoms with Gasteiger partial charge in [-0.1, -0.05) is 35.9 Å². The number of likely N-dealkylation sites (tertiary alicyclic amines) is 1. The lowest BCUT2D eigenvalue weighted by molar-refractivity contribution is 0.0978. The van der Waals surface area contributed by atoms with Crippen LogP contribution in [0.1, 0.15) is 24.0 Å². The monoisotopic (exact) mass is 399 g/mol. The molecule has 1 aliphatic rings. The number of hydrogen-bond donors (Lipinski definition) is 2. The van der Waals surface area contributed by atoms with Crippen molar-refractivity contribution in [1.82, 2.24) is 10.2 Å². The van der Waals surface area contributed by atoms with Crippen LogP contribution in [0.4, 0.5) is 0 Å². The quantitative estimate of drug-likeness (QED) is 0.713. The van der Waals surface area contributed by atoms with Crippen molar-refractivity contribution in [2.24, 2.45) is 0 Å². The average molecular weight is 400 g/mol. The molecule has 0 spiro atoms. The maximum atomic E-state index is 10.2. The second-order valence-corrected chi connectivity index (χ2v) is 7.59. The molecule has 1 fully saturated rings. The molecule has 1 heterocycles. The number of halogens is 1. The number of piperidine rings is 1. The SMILES string of the molecule is N#Cc1ccccc1OC[C@H](O)CNC1CCN(Cc2ccc(Cl)cc2)CC1. The van der Waals surface area contributed by atoms with E-state index < -0.39 is 6.10 Å². The van der Waals surface area contributed by atoms with Gasteiger partial charge in [0.1, 0.15) is 24.5 Å². The van der Waals surface area contributed by atoms with Crippen LogP contribution in [0.3, 0.4) is 0 Å². The van der Waals surface area contributed by atoms with Crippen LogP contribution in [0.15, 0.2) is 48.5 Å². The normalized spacial score (nSPS) is 16.5. The van der Waals surface area contributed by atoms with E-state index in [1.54, 1.807) is 18.2 Å². The van der Waals surface area contributed by atoms with E-state index in [0.717, 1.165) is 37.5 Å². The first-order valence-electron chi connectivity index (χ1n) is 9.64. The molecule has 0 radical (unpaired) electrons. The second-order valence-electron chi connectivity index (χ2n) is 7.16. The van der Waals surface area contributed by atoms with Gasteiger partial charge >= 0.3 is 0 Å². The van der Waals surface area contributed by atoms with Gasteiger partial charge in [0.15, 0.2) is 0 Å². The number of nitriles is 1. The fourth-order valence-electron chi connectivity index (χ4n) is 3.38. The number of rotatable bonds is 8. The van der Waals surface area contributed by atoms with Gasteiger partial charge in [0.05, 0.1) is 5.56 Å². The third-order valence-corrected chi connectivity index (χ3v) is 5.24. The molecular formula is C22H26ClN3O2. The lowest BCUT2D eigenvalue weighted by Gasteiger charge is -2.33. The number of hydrogen-bond acceptors (Lipinski definition) is 5. The molecule has 1 saturated heterocycles. The van der Waals surface area contributed by atoms with Gasteiger partial charge in [0.25, 0.3) is 0 Å². The fourth-order valence-corrected chi connectivity index (χ4v) is 3.50. The predicted molar refractivity (Wildman–Crippen MR) is 110 cm³/mol. The summed E-state index contributed by atoms with van der Waals surface area (Å²) in [6.45, 7) is 3.65. The molecule has 2 aromatic rings. The first-order valence-corrected chi connectivity index (χ1v) is 10.0. The van der Waals surface area contributed by atoms with Crippen LogP contribution in [0.5, 0.6) is 5.75 Å². The number of aliphatic hydroxyl groups is 1. The Morgan fingerprint density at radius 2 is 1.89 bits per heavy atom. The standard InChI is InChI=1S/C22H26ClN3O2/c23-19-7-5-17(6-8-19)15-26-11-9-20(10-12-26)25-14-21(27)16-28-22-4-2-1-3-18(22)13-24/h1-8,20-21,25,27H,9-12,14-16H2/t21-/m1/s1. The van der Waals surface area contributed by atoms with Gasteiger partial charge in [-0.05, 0) is 55.8 Å². The highest BCUT2D eigenvalue weighted by Crippen LogP contribution is 2.17. The zero-order valence-corrected chi connectivity index (χ0v) is 16.6. The number of para-hydroxylation sites is 1. The molecule has 2 aromatic carbocycles. The van der Waals surface area contributed by atoms with Crippen LogP contribution in [-0.2, 0) is 6.54 Å². The molecule has 1 aliphatic heterocycles. The molecule has 0 aromatic heterocycles. The Kier molecular flexibility index (Phi) is 7.70. The van der Waals surface area contributed by atoms with E-state index in [-0.39, 0.29) is 6.61 Å². The minimum atomic E-state index is -0.612. The maximum absolute atomic E-state index is 10.2. The summed E-state index contributed by atoms with van der Waals surface area (Å²) in [5.41, 5.74) is 1.76. The summed E-state index contributed by atoms with van der Waals surface area (Å²) < 4.78 is 5.59. The van der Waals surface area contributed by atoms with Crippen molar-refractivity contribution in [3.8, 4) is 11.8 Å². The summed E-state index contributed by atoms with van der Waals surface area (Å²) in [5.74, 6) is 0.513. The van der Waals surface area contributed by atoms with E-state index in [9.17, 15) is 5.11 Å². The Bertz CT molecular complexity index is 783. The topological polar surface area (TPSA) is 68.5 Å². The Morgan fingerprint density at radius 3 is 2.61 bits per heavy atom. The van der Waals surface area contributed by atoms with Crippen molar-refractivity contribution in [2.45, 2.75) is 31.5 Å². The van der Waals surface area contributed by atoms with Crippen molar-refractivity contribution in [3.05, 3.63) is 64.7 Å². The zero-order valence-electron chi connectivity index (χ0n) is 15.9. The average Bonchev–Trinajstić information content (AvgIpc) is 2.73. The molecule has 0 amide bonds. The summed E-state index contributed by atoms with van der Waals surface area (Å²) in [6.07, 6.45) is 1.50. The summed E-state index contributed by atoms with van der Waals surface area (Å²) in [5, 5.41) is 23.5. The van der Waals surface area contributed by atoms with E-state index >= 15 is 0 Å². The van der Waals surface area contributed by atoms with Gasteiger partial charge in [0.2, 0.25) is 0 Å². The van der Waals surface area contributed by atoms with Crippen molar-refractivity contribution in [1.29, 1.82) is 5.26 Å². The molecule has 0 bridgehead atoms. The Morgan fingerprint density at radius 1 is 1.18 bits per heavy atom. The molecule has 1 atom stereocenters. The van der Waals surface area contributed by atoms with E-state index in [0.29, 0.717) is 23.9 Å². The Labute approximate surface area is 171 Å². The van der Waals surface area contributed by atoms with Crippen LogP contribution in [-0.4, -0.2) is 48.4 Å². The van der Waals surface area contributed by atoms with Gasteiger partial charge < -0.3 is 15.2 Å². The molecule has 0 saturated carbocycles. The third kappa shape index (κ3) is 6.22. The summed E-state index contributed by atoms with van der Waals surface area (Å²) in [7, 11) is 0. The fraction of sp³-hybridized carbons (Fsp3) is 0.409. The van der Waals surface area contributed by atoms with Gasteiger partial charge in [-0.15, -0.1) is 0 Å². The van der Waals surface area contributed by atoms with Crippen LogP contribution in [0, 0.1) is 11.3 Å². The molecule has 148 valence electrons. The lowest BCUT2D eigenvalue weighted by atomic mass is 10.0. The maximum Gasteiger partial charge on any atom is 0.137 e. The van der Waals surface area contributed by atoms with Crippen LogP contribution >= 0.6 is 11.6 Å². The summed E-state index contributed by atoms with van der Waals surface area (Å²) in [6, 6.07) is 17.6. The van der Waals surface area contributed by atoms with E-state index in [1.807, 2.05) is 18.2 Å². The summed E-state index contributed by atoms with van der Waals surface area (Å²) >= 11 is 5.94. The molecule has 6 heteroatoms. The molecule has 0 unspecified atom stereocenters. The van der Waals surface area contributed by atoms with E-state index in [4.69, 9.17) is 21.6 Å². The van der Waals surface area contributed by atoms with Crippen LogP contribution in [0.2, 0.25) is 5.02 Å². The molecule has 3 rings (SSSR count). The minimum absolute atomic E-state index is 0.168. The predicted octanol–water partition coefficient (Wildman–Crippen LogP) is 3.21.